The van der Waals surface area contributed by atoms with Crippen molar-refractivity contribution >= 4 is 0 Å². The number of rotatable bonds is 3. The number of hydrogen-bond acceptors (Lipinski definition) is 5. The average molecular weight is 223 g/mol. The zero-order chi connectivity index (χ0) is 11.5. The van der Waals surface area contributed by atoms with Crippen molar-refractivity contribution in [3.8, 4) is 11.8 Å². The fraction of sp³-hybridized carbons (Fsp3) is 0.636. The molecule has 1 saturated carbocycles. The van der Waals surface area contributed by atoms with E-state index in [9.17, 15) is 0 Å². The molecule has 0 spiro atoms. The van der Waals surface area contributed by atoms with Crippen molar-refractivity contribution in [2.75, 3.05) is 7.11 Å². The smallest absolute Gasteiger partial charge is 0.223 e. The third kappa shape index (κ3) is 2.09. The summed E-state index contributed by atoms with van der Waals surface area (Å²) in [5, 5.41) is 0. The van der Waals surface area contributed by atoms with Gasteiger partial charge in [0.15, 0.2) is 0 Å². The van der Waals surface area contributed by atoms with E-state index in [1.165, 1.54) is 6.33 Å². The van der Waals surface area contributed by atoms with Gasteiger partial charge in [0, 0.05) is 6.04 Å². The van der Waals surface area contributed by atoms with E-state index in [0.717, 1.165) is 24.8 Å². The Hall–Kier alpha value is -1.36. The van der Waals surface area contributed by atoms with Crippen LogP contribution in [-0.2, 0) is 0 Å². The molecule has 1 aromatic heterocycles. The Morgan fingerprint density at radius 1 is 1.31 bits per heavy atom. The second-order valence-corrected chi connectivity index (χ2v) is 4.06. The molecule has 1 aliphatic carbocycles. The summed E-state index contributed by atoms with van der Waals surface area (Å²) in [6.45, 7) is 1.88. The molecule has 1 aliphatic rings. The van der Waals surface area contributed by atoms with Gasteiger partial charge < -0.3 is 15.2 Å². The van der Waals surface area contributed by atoms with Gasteiger partial charge in [0.05, 0.1) is 12.7 Å². The number of nitrogens with zero attached hydrogens (tertiary/aromatic N) is 2. The molecular formula is C11H17N3O2. The molecule has 0 bridgehead atoms. The summed E-state index contributed by atoms with van der Waals surface area (Å²) >= 11 is 0. The second-order valence-electron chi connectivity index (χ2n) is 4.06. The molecule has 2 atom stereocenters. The third-order valence-electron chi connectivity index (χ3n) is 2.95. The average Bonchev–Trinajstić information content (AvgIpc) is 2.68. The summed E-state index contributed by atoms with van der Waals surface area (Å²) < 4.78 is 10.9. The Balaban J connectivity index is 2.14. The number of aromatic nitrogens is 2. The Bertz CT molecular complexity index is 370. The normalized spacial score (nSPS) is 24.4. The van der Waals surface area contributed by atoms with Crippen molar-refractivity contribution in [2.45, 2.75) is 38.3 Å². The first-order valence-electron chi connectivity index (χ1n) is 5.50. The first kappa shape index (κ1) is 11.1. The van der Waals surface area contributed by atoms with E-state index in [4.69, 9.17) is 15.2 Å². The maximum atomic E-state index is 5.95. The van der Waals surface area contributed by atoms with Crippen LogP contribution in [0.1, 0.15) is 24.8 Å². The van der Waals surface area contributed by atoms with Gasteiger partial charge in [0.1, 0.15) is 12.4 Å². The highest BCUT2D eigenvalue weighted by Gasteiger charge is 2.26. The van der Waals surface area contributed by atoms with Gasteiger partial charge in [-0.1, -0.05) is 0 Å². The molecule has 5 nitrogen and oxygen atoms in total. The highest BCUT2D eigenvalue weighted by Crippen LogP contribution is 2.27. The van der Waals surface area contributed by atoms with E-state index in [1.807, 2.05) is 6.92 Å². The Morgan fingerprint density at radius 2 is 2.06 bits per heavy atom. The minimum absolute atomic E-state index is 0.0679. The number of ether oxygens (including phenoxy) is 2. The zero-order valence-electron chi connectivity index (χ0n) is 9.64. The fourth-order valence-electron chi connectivity index (χ4n) is 1.99. The van der Waals surface area contributed by atoms with Crippen LogP contribution in [0.25, 0.3) is 0 Å². The van der Waals surface area contributed by atoms with Crippen LogP contribution in [0.4, 0.5) is 0 Å². The number of methoxy groups -OCH3 is 1. The van der Waals surface area contributed by atoms with Crippen LogP contribution in [0.5, 0.6) is 11.8 Å². The molecule has 1 aromatic rings. The van der Waals surface area contributed by atoms with Gasteiger partial charge in [-0.25, -0.2) is 9.97 Å². The Kier molecular flexibility index (Phi) is 3.24. The lowest BCUT2D eigenvalue weighted by Gasteiger charge is -2.18. The van der Waals surface area contributed by atoms with Gasteiger partial charge in [0.2, 0.25) is 11.8 Å². The number of hydrogen-bond donors (Lipinski definition) is 1. The Morgan fingerprint density at radius 3 is 2.69 bits per heavy atom. The quantitative estimate of drug-likeness (QED) is 0.829. The monoisotopic (exact) mass is 223 g/mol. The summed E-state index contributed by atoms with van der Waals surface area (Å²) in [5.41, 5.74) is 6.77. The maximum Gasteiger partial charge on any atom is 0.223 e. The molecule has 5 heteroatoms. The van der Waals surface area contributed by atoms with E-state index in [1.54, 1.807) is 7.11 Å². The van der Waals surface area contributed by atoms with Gasteiger partial charge in [0.25, 0.3) is 0 Å². The number of nitrogens with two attached hydrogens (primary N) is 1. The molecule has 0 amide bonds. The fourth-order valence-corrected chi connectivity index (χ4v) is 1.99. The molecule has 0 radical (unpaired) electrons. The van der Waals surface area contributed by atoms with Crippen LogP contribution in [0.2, 0.25) is 0 Å². The zero-order valence-corrected chi connectivity index (χ0v) is 9.64. The molecule has 1 fully saturated rings. The SMILES string of the molecule is COc1ncnc(OC2CCCC2N)c1C. The highest BCUT2D eigenvalue weighted by molar-refractivity contribution is 5.32. The van der Waals surface area contributed by atoms with Crippen molar-refractivity contribution in [3.63, 3.8) is 0 Å². The van der Waals surface area contributed by atoms with Crippen LogP contribution in [0, 0.1) is 6.92 Å². The summed E-state index contributed by atoms with van der Waals surface area (Å²) in [4.78, 5) is 8.12. The predicted octanol–water partition coefficient (Wildman–Crippen LogP) is 1.05. The summed E-state index contributed by atoms with van der Waals surface area (Å²) in [5.74, 6) is 1.13. The molecule has 0 aliphatic heterocycles. The largest absolute Gasteiger partial charge is 0.481 e. The summed E-state index contributed by atoms with van der Waals surface area (Å²) in [6, 6.07) is 0.111. The van der Waals surface area contributed by atoms with Crippen molar-refractivity contribution in [1.29, 1.82) is 0 Å². The summed E-state index contributed by atoms with van der Waals surface area (Å²) in [6.07, 6.45) is 4.64. The third-order valence-corrected chi connectivity index (χ3v) is 2.95. The molecule has 0 saturated heterocycles. The van der Waals surface area contributed by atoms with Crippen LogP contribution >= 0.6 is 0 Å². The minimum atomic E-state index is 0.0679. The molecule has 2 rings (SSSR count). The van der Waals surface area contributed by atoms with Gasteiger partial charge in [-0.05, 0) is 26.2 Å². The van der Waals surface area contributed by atoms with Crippen LogP contribution in [0.15, 0.2) is 6.33 Å². The first-order chi connectivity index (χ1) is 7.72. The minimum Gasteiger partial charge on any atom is -0.481 e. The van der Waals surface area contributed by atoms with Crippen molar-refractivity contribution in [1.82, 2.24) is 9.97 Å². The van der Waals surface area contributed by atoms with E-state index in [0.29, 0.717) is 11.8 Å². The van der Waals surface area contributed by atoms with Gasteiger partial charge in [-0.2, -0.15) is 0 Å². The van der Waals surface area contributed by atoms with Crippen molar-refractivity contribution < 1.29 is 9.47 Å². The lowest BCUT2D eigenvalue weighted by atomic mass is 10.2. The molecular weight excluding hydrogens is 206 g/mol. The Labute approximate surface area is 95.0 Å². The maximum absolute atomic E-state index is 5.95. The van der Waals surface area contributed by atoms with Crippen molar-refractivity contribution in [2.24, 2.45) is 5.73 Å². The van der Waals surface area contributed by atoms with E-state index < -0.39 is 0 Å². The highest BCUT2D eigenvalue weighted by atomic mass is 16.5. The predicted molar refractivity (Wildman–Crippen MR) is 59.6 cm³/mol. The van der Waals surface area contributed by atoms with E-state index in [-0.39, 0.29) is 12.1 Å². The van der Waals surface area contributed by atoms with Crippen LogP contribution < -0.4 is 15.2 Å². The van der Waals surface area contributed by atoms with E-state index in [2.05, 4.69) is 9.97 Å². The molecule has 88 valence electrons. The van der Waals surface area contributed by atoms with Crippen LogP contribution in [-0.4, -0.2) is 29.2 Å². The lowest BCUT2D eigenvalue weighted by molar-refractivity contribution is 0.181. The summed E-state index contributed by atoms with van der Waals surface area (Å²) in [7, 11) is 1.58. The topological polar surface area (TPSA) is 70.3 Å². The van der Waals surface area contributed by atoms with E-state index >= 15 is 0 Å². The molecule has 16 heavy (non-hydrogen) atoms. The molecule has 0 aromatic carbocycles. The van der Waals surface area contributed by atoms with Crippen LogP contribution in [0.3, 0.4) is 0 Å². The van der Waals surface area contributed by atoms with Gasteiger partial charge in [-0.15, -0.1) is 0 Å². The van der Waals surface area contributed by atoms with Crippen molar-refractivity contribution in [3.05, 3.63) is 11.9 Å². The van der Waals surface area contributed by atoms with Gasteiger partial charge >= 0.3 is 0 Å². The molecule has 2 N–H and O–H groups in total. The molecule has 2 unspecified atom stereocenters. The standard InChI is InChI=1S/C11H17N3O2/c1-7-10(15-2)13-6-14-11(7)16-9-5-3-4-8(9)12/h6,8-9H,3-5,12H2,1-2H3. The molecule has 1 heterocycles. The second kappa shape index (κ2) is 4.65. The first-order valence-corrected chi connectivity index (χ1v) is 5.50. The van der Waals surface area contributed by atoms with Gasteiger partial charge in [-0.3, -0.25) is 0 Å². The lowest BCUT2D eigenvalue weighted by Crippen LogP contribution is -2.34.